The summed E-state index contributed by atoms with van der Waals surface area (Å²) in [5.41, 5.74) is 2.97. The van der Waals surface area contributed by atoms with Crippen molar-refractivity contribution in [3.63, 3.8) is 0 Å². The Morgan fingerprint density at radius 2 is 2.07 bits per heavy atom. The van der Waals surface area contributed by atoms with Crippen LogP contribution in [0.25, 0.3) is 0 Å². The Morgan fingerprint density at radius 3 is 2.79 bits per heavy atom. The summed E-state index contributed by atoms with van der Waals surface area (Å²) in [6, 6.07) is 9.51. The Hall–Kier alpha value is -1.57. The van der Waals surface area contributed by atoms with Crippen molar-refractivity contribution in [3.05, 3.63) is 47.8 Å². The molecule has 1 fully saturated rings. The van der Waals surface area contributed by atoms with Crippen LogP contribution in [-0.2, 0) is 10.6 Å². The summed E-state index contributed by atoms with van der Waals surface area (Å²) in [6.45, 7) is 2.66. The molecule has 0 radical (unpaired) electrons. The lowest BCUT2D eigenvalue weighted by molar-refractivity contribution is 0.151. The molecule has 1 aromatic heterocycles. The van der Waals surface area contributed by atoms with Gasteiger partial charge in [-0.15, -0.1) is 23.4 Å². The molecule has 1 saturated heterocycles. The molecule has 2 aromatic rings. The largest absolute Gasteiger partial charge is 0.497 e. The number of amides is 1. The van der Waals surface area contributed by atoms with Gasteiger partial charge in [0.25, 0.3) is 0 Å². The maximum absolute atomic E-state index is 12.2. The lowest BCUT2D eigenvalue weighted by atomic mass is 10.2. The smallest absolute Gasteiger partial charge is 0.414 e. The molecule has 8 heteroatoms. The van der Waals surface area contributed by atoms with E-state index < -0.39 is 0 Å². The molecule has 0 spiro atoms. The first-order valence-electron chi connectivity index (χ1n) is 9.45. The average molecular weight is 453 g/mol. The Morgan fingerprint density at radius 1 is 1.28 bits per heavy atom. The Kier molecular flexibility index (Phi) is 8.39. The number of nitrogens with zero attached hydrogens (tertiary/aromatic N) is 2. The molecule has 0 saturated carbocycles. The van der Waals surface area contributed by atoms with Gasteiger partial charge in [-0.1, -0.05) is 0 Å². The van der Waals surface area contributed by atoms with Crippen LogP contribution < -0.4 is 9.64 Å². The van der Waals surface area contributed by atoms with E-state index in [0.717, 1.165) is 40.8 Å². The van der Waals surface area contributed by atoms with Gasteiger partial charge in [-0.25, -0.2) is 4.79 Å². The van der Waals surface area contributed by atoms with E-state index in [1.165, 1.54) is 10.5 Å². The first-order valence-corrected chi connectivity index (χ1v) is 12.1. The van der Waals surface area contributed by atoms with Gasteiger partial charge in [0.05, 0.1) is 25.2 Å². The van der Waals surface area contributed by atoms with Crippen molar-refractivity contribution in [2.45, 2.75) is 30.2 Å². The lowest BCUT2D eigenvalue weighted by Crippen LogP contribution is -2.24. The van der Waals surface area contributed by atoms with Crippen molar-refractivity contribution in [2.75, 3.05) is 35.8 Å². The molecule has 1 unspecified atom stereocenters. The van der Waals surface area contributed by atoms with E-state index in [1.54, 1.807) is 12.0 Å². The monoisotopic (exact) mass is 452 g/mol. The molecule has 1 aliphatic heterocycles. The first kappa shape index (κ1) is 22.1. The molecule has 0 aliphatic carbocycles. The van der Waals surface area contributed by atoms with Crippen LogP contribution in [0.5, 0.6) is 5.75 Å². The van der Waals surface area contributed by atoms with Gasteiger partial charge in [0.2, 0.25) is 0 Å². The number of pyridine rings is 1. The van der Waals surface area contributed by atoms with Crippen LogP contribution in [0.1, 0.15) is 17.7 Å². The zero-order valence-electron chi connectivity index (χ0n) is 16.6. The minimum absolute atomic E-state index is 0.0732. The van der Waals surface area contributed by atoms with Gasteiger partial charge in [0, 0.05) is 22.5 Å². The topological polar surface area (TPSA) is 51.7 Å². The van der Waals surface area contributed by atoms with Crippen molar-refractivity contribution in [3.8, 4) is 5.75 Å². The van der Waals surface area contributed by atoms with Gasteiger partial charge in [-0.05, 0) is 60.7 Å². The Labute approximate surface area is 185 Å². The standard InChI is InChI=1S/C21H25ClN2O3S2/c1-15-19(12-22)23-9-8-20(15)29-11-3-10-28-14-18-13-24(21(25)27-18)16-4-6-17(26-2)7-5-16/h4-9,18H,3,10-14H2,1-2H3. The molecule has 29 heavy (non-hydrogen) atoms. The van der Waals surface area contributed by atoms with Crippen molar-refractivity contribution in [1.82, 2.24) is 4.98 Å². The summed E-state index contributed by atoms with van der Waals surface area (Å²) >= 11 is 9.60. The molecule has 1 amide bonds. The number of hydrogen-bond donors (Lipinski definition) is 0. The summed E-state index contributed by atoms with van der Waals surface area (Å²) < 4.78 is 10.7. The minimum Gasteiger partial charge on any atom is -0.497 e. The van der Waals surface area contributed by atoms with Gasteiger partial charge in [-0.3, -0.25) is 9.88 Å². The fraction of sp³-hybridized carbons (Fsp3) is 0.429. The number of carbonyl (C=O) groups is 1. The van der Waals surface area contributed by atoms with Crippen LogP contribution in [-0.4, -0.2) is 48.1 Å². The quantitative estimate of drug-likeness (QED) is 0.274. The highest BCUT2D eigenvalue weighted by Crippen LogP contribution is 2.27. The molecule has 2 heterocycles. The van der Waals surface area contributed by atoms with Crippen LogP contribution >= 0.6 is 35.1 Å². The molecular formula is C21H25ClN2O3S2. The molecular weight excluding hydrogens is 428 g/mol. The molecule has 0 N–H and O–H groups in total. The fourth-order valence-corrected chi connectivity index (χ4v) is 5.39. The maximum atomic E-state index is 12.2. The number of hydrogen-bond acceptors (Lipinski definition) is 6. The van der Waals surface area contributed by atoms with Gasteiger partial charge in [0.15, 0.2) is 0 Å². The third-order valence-electron chi connectivity index (χ3n) is 4.64. The molecule has 156 valence electrons. The van der Waals surface area contributed by atoms with E-state index in [4.69, 9.17) is 21.1 Å². The summed E-state index contributed by atoms with van der Waals surface area (Å²) in [5.74, 6) is 4.11. The van der Waals surface area contributed by atoms with Crippen molar-refractivity contribution in [1.29, 1.82) is 0 Å². The first-order chi connectivity index (χ1) is 14.1. The van der Waals surface area contributed by atoms with E-state index in [0.29, 0.717) is 12.4 Å². The number of benzene rings is 1. The Bertz CT molecular complexity index is 820. The zero-order valence-corrected chi connectivity index (χ0v) is 19.0. The second-order valence-electron chi connectivity index (χ2n) is 6.61. The second kappa shape index (κ2) is 11.0. The number of thioether (sulfide) groups is 2. The van der Waals surface area contributed by atoms with E-state index in [9.17, 15) is 4.79 Å². The number of anilines is 1. The third-order valence-corrected chi connectivity index (χ3v) is 7.32. The number of halogens is 1. The average Bonchev–Trinajstić information content (AvgIpc) is 3.12. The highest BCUT2D eigenvalue weighted by molar-refractivity contribution is 8.00. The SMILES string of the molecule is COc1ccc(N2CC(CSCCCSc3ccnc(CCl)c3C)OC2=O)cc1. The van der Waals surface area contributed by atoms with Crippen molar-refractivity contribution in [2.24, 2.45) is 0 Å². The van der Waals surface area contributed by atoms with E-state index in [1.807, 2.05) is 54.0 Å². The fourth-order valence-electron chi connectivity index (χ4n) is 2.99. The van der Waals surface area contributed by atoms with E-state index in [-0.39, 0.29) is 12.2 Å². The van der Waals surface area contributed by atoms with Crippen molar-refractivity contribution < 1.29 is 14.3 Å². The zero-order chi connectivity index (χ0) is 20.6. The van der Waals surface area contributed by atoms with Gasteiger partial charge in [-0.2, -0.15) is 11.8 Å². The summed E-state index contributed by atoms with van der Waals surface area (Å²) in [5, 5.41) is 0. The predicted octanol–water partition coefficient (Wildman–Crippen LogP) is 5.38. The number of methoxy groups -OCH3 is 1. The van der Waals surface area contributed by atoms with E-state index >= 15 is 0 Å². The van der Waals surface area contributed by atoms with Gasteiger partial charge in [0.1, 0.15) is 11.9 Å². The molecule has 5 nitrogen and oxygen atoms in total. The van der Waals surface area contributed by atoms with Crippen LogP contribution in [0.15, 0.2) is 41.4 Å². The number of alkyl halides is 1. The summed E-state index contributed by atoms with van der Waals surface area (Å²) in [4.78, 5) is 19.4. The highest BCUT2D eigenvalue weighted by Gasteiger charge is 2.32. The second-order valence-corrected chi connectivity index (χ2v) is 9.16. The molecule has 1 aliphatic rings. The van der Waals surface area contributed by atoms with Crippen LogP contribution in [0.3, 0.4) is 0 Å². The van der Waals surface area contributed by atoms with Crippen LogP contribution in [0, 0.1) is 6.92 Å². The minimum atomic E-state index is -0.278. The number of aromatic nitrogens is 1. The van der Waals surface area contributed by atoms with Gasteiger partial charge >= 0.3 is 6.09 Å². The lowest BCUT2D eigenvalue weighted by Gasteiger charge is -2.13. The van der Waals surface area contributed by atoms with Crippen LogP contribution in [0.2, 0.25) is 0 Å². The molecule has 1 atom stereocenters. The highest BCUT2D eigenvalue weighted by atomic mass is 35.5. The van der Waals surface area contributed by atoms with Crippen LogP contribution in [0.4, 0.5) is 10.5 Å². The summed E-state index contributed by atoms with van der Waals surface area (Å²) in [7, 11) is 1.63. The third kappa shape index (κ3) is 5.96. The normalized spacial score (nSPS) is 16.2. The molecule has 1 aromatic carbocycles. The van der Waals surface area contributed by atoms with E-state index in [2.05, 4.69) is 18.0 Å². The van der Waals surface area contributed by atoms with Crippen molar-refractivity contribution >= 4 is 46.9 Å². The number of cyclic esters (lactones) is 1. The molecule has 3 rings (SSSR count). The predicted molar refractivity (Wildman–Crippen MR) is 122 cm³/mol. The number of rotatable bonds is 10. The maximum Gasteiger partial charge on any atom is 0.414 e. The summed E-state index contributed by atoms with van der Waals surface area (Å²) in [6.07, 6.45) is 2.57. The number of carbonyl (C=O) groups excluding carboxylic acids is 1. The molecule has 0 bridgehead atoms. The Balaban J connectivity index is 1.36. The number of ether oxygens (including phenoxy) is 2. The van der Waals surface area contributed by atoms with Gasteiger partial charge < -0.3 is 9.47 Å².